The lowest BCUT2D eigenvalue weighted by atomic mass is 10.2. The fraction of sp³-hybridized carbons (Fsp3) is 0.571. The van der Waals surface area contributed by atoms with Gasteiger partial charge in [0.1, 0.15) is 0 Å². The third kappa shape index (κ3) is 4.60. The Morgan fingerprint density at radius 1 is 1.26 bits per heavy atom. The van der Waals surface area contributed by atoms with Crippen molar-refractivity contribution in [2.24, 2.45) is 5.73 Å². The summed E-state index contributed by atoms with van der Waals surface area (Å²) in [6.45, 7) is 6.71. The summed E-state index contributed by atoms with van der Waals surface area (Å²) in [7, 11) is 0. The summed E-state index contributed by atoms with van der Waals surface area (Å²) in [5.41, 5.74) is 6.44. The molecule has 2 heterocycles. The van der Waals surface area contributed by atoms with Crippen molar-refractivity contribution in [3.63, 3.8) is 0 Å². The van der Waals surface area contributed by atoms with Crippen LogP contribution in [-0.4, -0.2) is 60.8 Å². The molecule has 0 atom stereocenters. The number of piperazine rings is 1. The lowest BCUT2D eigenvalue weighted by Crippen LogP contribution is -2.46. The summed E-state index contributed by atoms with van der Waals surface area (Å²) in [6.07, 6.45) is 0. The second-order valence-corrected chi connectivity index (χ2v) is 5.64. The van der Waals surface area contributed by atoms with E-state index in [0.29, 0.717) is 6.54 Å². The fourth-order valence-corrected chi connectivity index (χ4v) is 3.07. The minimum atomic E-state index is 0.258. The number of aliphatic hydroxyl groups excluding tert-OH is 1. The van der Waals surface area contributed by atoms with Crippen molar-refractivity contribution in [1.82, 2.24) is 9.80 Å². The van der Waals surface area contributed by atoms with Crippen LogP contribution in [0.2, 0.25) is 0 Å². The molecule has 0 bridgehead atoms. The zero-order valence-corrected chi connectivity index (χ0v) is 12.0. The van der Waals surface area contributed by atoms with Crippen LogP contribution in [-0.2, 0) is 6.54 Å². The van der Waals surface area contributed by atoms with Gasteiger partial charge in [-0.3, -0.25) is 9.80 Å². The maximum Gasteiger partial charge on any atom is 0.0558 e. The average molecular weight is 279 g/mol. The van der Waals surface area contributed by atoms with Gasteiger partial charge in [0.05, 0.1) is 13.2 Å². The second kappa shape index (κ2) is 7.63. The van der Waals surface area contributed by atoms with Gasteiger partial charge in [-0.15, -0.1) is 11.3 Å². The van der Waals surface area contributed by atoms with E-state index in [9.17, 15) is 0 Å². The standard InChI is InChI=1S/C14H21N3OS/c15-3-1-2-13-10-14(19-12-13)11-17-6-4-16(5-7-17)8-9-18/h10,12,18H,3-9,11,15H2. The van der Waals surface area contributed by atoms with E-state index >= 15 is 0 Å². The minimum Gasteiger partial charge on any atom is -0.395 e. The predicted molar refractivity (Wildman–Crippen MR) is 79.1 cm³/mol. The van der Waals surface area contributed by atoms with Crippen LogP contribution in [0.5, 0.6) is 0 Å². The van der Waals surface area contributed by atoms with Crippen molar-refractivity contribution in [1.29, 1.82) is 0 Å². The van der Waals surface area contributed by atoms with Gasteiger partial charge in [-0.25, -0.2) is 0 Å². The third-order valence-electron chi connectivity index (χ3n) is 3.25. The maximum atomic E-state index is 8.92. The zero-order chi connectivity index (χ0) is 13.5. The molecule has 0 saturated carbocycles. The first-order valence-electron chi connectivity index (χ1n) is 6.63. The van der Waals surface area contributed by atoms with Gasteiger partial charge in [0.15, 0.2) is 0 Å². The summed E-state index contributed by atoms with van der Waals surface area (Å²) in [6, 6.07) is 2.16. The molecule has 1 aliphatic heterocycles. The van der Waals surface area contributed by atoms with Gasteiger partial charge in [0.25, 0.3) is 0 Å². The van der Waals surface area contributed by atoms with Crippen molar-refractivity contribution < 1.29 is 5.11 Å². The van der Waals surface area contributed by atoms with Crippen LogP contribution >= 0.6 is 11.3 Å². The molecule has 4 nitrogen and oxygen atoms in total. The molecule has 0 aliphatic carbocycles. The molecule has 1 aliphatic rings. The van der Waals surface area contributed by atoms with E-state index in [0.717, 1.165) is 44.8 Å². The van der Waals surface area contributed by atoms with E-state index in [-0.39, 0.29) is 6.61 Å². The first kappa shape index (κ1) is 14.5. The highest BCUT2D eigenvalue weighted by Crippen LogP contribution is 2.17. The number of nitrogens with two attached hydrogens (primary N) is 1. The topological polar surface area (TPSA) is 52.7 Å². The highest BCUT2D eigenvalue weighted by molar-refractivity contribution is 7.10. The Kier molecular flexibility index (Phi) is 5.83. The Bertz CT molecular complexity index is 441. The molecule has 0 aromatic carbocycles. The second-order valence-electron chi connectivity index (χ2n) is 4.65. The summed E-state index contributed by atoms with van der Waals surface area (Å²) < 4.78 is 0. The molecule has 5 heteroatoms. The summed E-state index contributed by atoms with van der Waals surface area (Å²) in [5.74, 6) is 5.95. The van der Waals surface area contributed by atoms with Crippen molar-refractivity contribution in [2.45, 2.75) is 6.54 Å². The monoisotopic (exact) mass is 279 g/mol. The minimum absolute atomic E-state index is 0.258. The Hall–Kier alpha value is -0.900. The number of thiophene rings is 1. The molecule has 1 aromatic heterocycles. The molecule has 19 heavy (non-hydrogen) atoms. The van der Waals surface area contributed by atoms with Gasteiger partial charge >= 0.3 is 0 Å². The van der Waals surface area contributed by atoms with E-state index in [1.165, 1.54) is 4.88 Å². The Morgan fingerprint density at radius 3 is 2.68 bits per heavy atom. The lowest BCUT2D eigenvalue weighted by molar-refractivity contribution is 0.109. The average Bonchev–Trinajstić information content (AvgIpc) is 2.87. The summed E-state index contributed by atoms with van der Waals surface area (Å²) in [4.78, 5) is 6.13. The Balaban J connectivity index is 1.80. The maximum absolute atomic E-state index is 8.92. The molecule has 0 spiro atoms. The van der Waals surface area contributed by atoms with E-state index in [1.54, 1.807) is 11.3 Å². The number of aliphatic hydroxyl groups is 1. The first-order chi connectivity index (χ1) is 9.31. The first-order valence-corrected chi connectivity index (χ1v) is 7.51. The van der Waals surface area contributed by atoms with Crippen LogP contribution in [0.4, 0.5) is 0 Å². The van der Waals surface area contributed by atoms with E-state index in [2.05, 4.69) is 33.1 Å². The summed E-state index contributed by atoms with van der Waals surface area (Å²) in [5, 5.41) is 11.0. The van der Waals surface area contributed by atoms with Crippen molar-refractivity contribution in [3.8, 4) is 11.8 Å². The number of nitrogens with zero attached hydrogens (tertiary/aromatic N) is 2. The number of rotatable bonds is 4. The van der Waals surface area contributed by atoms with Gasteiger partial charge in [0, 0.05) is 55.1 Å². The van der Waals surface area contributed by atoms with E-state index in [1.807, 2.05) is 0 Å². The van der Waals surface area contributed by atoms with Gasteiger partial charge < -0.3 is 10.8 Å². The zero-order valence-electron chi connectivity index (χ0n) is 11.1. The van der Waals surface area contributed by atoms with E-state index in [4.69, 9.17) is 10.8 Å². The van der Waals surface area contributed by atoms with E-state index < -0.39 is 0 Å². The van der Waals surface area contributed by atoms with Crippen LogP contribution in [0.15, 0.2) is 11.4 Å². The fourth-order valence-electron chi connectivity index (χ4n) is 2.22. The molecule has 1 aromatic rings. The molecule has 0 unspecified atom stereocenters. The molecular weight excluding hydrogens is 258 g/mol. The van der Waals surface area contributed by atoms with Crippen LogP contribution in [0.3, 0.4) is 0 Å². The number of hydrogen-bond acceptors (Lipinski definition) is 5. The molecule has 0 amide bonds. The lowest BCUT2D eigenvalue weighted by Gasteiger charge is -2.34. The Labute approximate surface area is 118 Å². The van der Waals surface area contributed by atoms with Crippen LogP contribution in [0.1, 0.15) is 10.4 Å². The normalized spacial score (nSPS) is 17.2. The van der Waals surface area contributed by atoms with Crippen molar-refractivity contribution in [2.75, 3.05) is 45.9 Å². The highest BCUT2D eigenvalue weighted by Gasteiger charge is 2.16. The number of β-amino-alcohol motifs (C(OH)–C–C–N with tert-alkyl or cyclic N) is 1. The molecule has 0 radical (unpaired) electrons. The number of hydrogen-bond donors (Lipinski definition) is 2. The highest BCUT2D eigenvalue weighted by atomic mass is 32.1. The molecule has 104 valence electrons. The van der Waals surface area contributed by atoms with Crippen LogP contribution in [0, 0.1) is 11.8 Å². The largest absolute Gasteiger partial charge is 0.395 e. The summed E-state index contributed by atoms with van der Waals surface area (Å²) >= 11 is 1.77. The van der Waals surface area contributed by atoms with Crippen molar-refractivity contribution in [3.05, 3.63) is 21.9 Å². The smallest absolute Gasteiger partial charge is 0.0558 e. The van der Waals surface area contributed by atoms with Gasteiger partial charge in [-0.1, -0.05) is 11.8 Å². The third-order valence-corrected chi connectivity index (χ3v) is 4.17. The van der Waals surface area contributed by atoms with Crippen molar-refractivity contribution >= 4 is 11.3 Å². The van der Waals surface area contributed by atoms with Gasteiger partial charge in [0.2, 0.25) is 0 Å². The van der Waals surface area contributed by atoms with Crippen LogP contribution in [0.25, 0.3) is 0 Å². The molecular formula is C14H21N3OS. The molecule has 2 rings (SSSR count). The SMILES string of the molecule is NCC#Cc1csc(CN2CCN(CCO)CC2)c1. The van der Waals surface area contributed by atoms with Gasteiger partial charge in [-0.05, 0) is 6.07 Å². The van der Waals surface area contributed by atoms with Gasteiger partial charge in [-0.2, -0.15) is 0 Å². The Morgan fingerprint density at radius 2 is 2.00 bits per heavy atom. The molecule has 3 N–H and O–H groups in total. The predicted octanol–water partition coefficient (Wildman–Crippen LogP) is 0.168. The molecule has 1 saturated heterocycles. The molecule has 1 fully saturated rings. The van der Waals surface area contributed by atoms with Crippen LogP contribution < -0.4 is 5.73 Å². The quantitative estimate of drug-likeness (QED) is 0.772.